The van der Waals surface area contributed by atoms with E-state index in [4.69, 9.17) is 0 Å². The molecule has 0 spiro atoms. The summed E-state index contributed by atoms with van der Waals surface area (Å²) in [5.41, 5.74) is 2.90. The second-order valence-electron chi connectivity index (χ2n) is 9.16. The Morgan fingerprint density at radius 1 is 1.27 bits per heavy atom. The zero-order valence-corrected chi connectivity index (χ0v) is 18.6. The van der Waals surface area contributed by atoms with Crippen molar-refractivity contribution >= 4 is 17.5 Å². The van der Waals surface area contributed by atoms with E-state index in [9.17, 15) is 9.59 Å². The number of carbonyl (C=O) groups excluding carboxylic acids is 2. The van der Waals surface area contributed by atoms with Crippen molar-refractivity contribution in [1.82, 2.24) is 20.4 Å². The first kappa shape index (κ1) is 21.3. The van der Waals surface area contributed by atoms with Crippen molar-refractivity contribution in [1.29, 1.82) is 0 Å². The van der Waals surface area contributed by atoms with Crippen molar-refractivity contribution in [2.24, 2.45) is 5.92 Å². The molecule has 0 aromatic heterocycles. The Hall–Kier alpha value is -1.96. The van der Waals surface area contributed by atoms with Crippen molar-refractivity contribution in [2.45, 2.75) is 57.8 Å². The number of aryl methyl sites for hydroxylation is 1. The molecule has 3 N–H and O–H groups in total. The van der Waals surface area contributed by atoms with Crippen LogP contribution in [0.3, 0.4) is 0 Å². The SMILES string of the molecule is CCN1CCNC1C(=O)Nc1ccc(C)c(C2CC3CNC(C)CC3N(C)C2=O)c1. The minimum Gasteiger partial charge on any atom is -0.342 e. The average molecular weight is 414 g/mol. The van der Waals surface area contributed by atoms with Gasteiger partial charge >= 0.3 is 0 Å². The molecule has 0 radical (unpaired) electrons. The van der Waals surface area contributed by atoms with Crippen LogP contribution in [0.5, 0.6) is 0 Å². The van der Waals surface area contributed by atoms with Crippen molar-refractivity contribution in [3.05, 3.63) is 29.3 Å². The Kier molecular flexibility index (Phi) is 6.14. The molecule has 0 aliphatic carbocycles. The summed E-state index contributed by atoms with van der Waals surface area (Å²) in [6.07, 6.45) is 1.58. The van der Waals surface area contributed by atoms with Gasteiger partial charge in [-0.15, -0.1) is 0 Å². The Bertz CT molecular complexity index is 813. The number of carbonyl (C=O) groups is 2. The number of benzene rings is 1. The Morgan fingerprint density at radius 3 is 2.83 bits per heavy atom. The van der Waals surface area contributed by atoms with Crippen LogP contribution in [0, 0.1) is 12.8 Å². The van der Waals surface area contributed by atoms with Gasteiger partial charge in [0.1, 0.15) is 6.17 Å². The molecule has 0 bridgehead atoms. The van der Waals surface area contributed by atoms with Crippen LogP contribution in [-0.4, -0.2) is 73.1 Å². The molecular formula is C23H35N5O2. The number of nitrogens with one attached hydrogen (secondary N) is 3. The van der Waals surface area contributed by atoms with Gasteiger partial charge in [0.15, 0.2) is 0 Å². The molecule has 5 atom stereocenters. The van der Waals surface area contributed by atoms with Crippen molar-refractivity contribution in [2.75, 3.05) is 38.5 Å². The third-order valence-corrected chi connectivity index (χ3v) is 7.23. The lowest BCUT2D eigenvalue weighted by atomic mass is 9.75. The number of amides is 2. The second kappa shape index (κ2) is 8.65. The molecule has 164 valence electrons. The lowest BCUT2D eigenvalue weighted by Crippen LogP contribution is -2.57. The summed E-state index contributed by atoms with van der Waals surface area (Å²) in [6, 6.07) is 6.73. The lowest BCUT2D eigenvalue weighted by molar-refractivity contribution is -0.140. The van der Waals surface area contributed by atoms with Crippen LogP contribution in [0.15, 0.2) is 18.2 Å². The van der Waals surface area contributed by atoms with E-state index in [2.05, 4.69) is 41.6 Å². The van der Waals surface area contributed by atoms with E-state index >= 15 is 0 Å². The van der Waals surface area contributed by atoms with Gasteiger partial charge in [-0.1, -0.05) is 13.0 Å². The van der Waals surface area contributed by atoms with Crippen molar-refractivity contribution < 1.29 is 9.59 Å². The molecule has 3 aliphatic heterocycles. The second-order valence-corrected chi connectivity index (χ2v) is 9.16. The quantitative estimate of drug-likeness (QED) is 0.697. The molecule has 2 amide bonds. The molecule has 4 rings (SSSR count). The fraction of sp³-hybridized carbons (Fsp3) is 0.652. The van der Waals surface area contributed by atoms with Crippen LogP contribution >= 0.6 is 0 Å². The predicted octanol–water partition coefficient (Wildman–Crippen LogP) is 1.50. The topological polar surface area (TPSA) is 76.7 Å². The average Bonchev–Trinajstić information content (AvgIpc) is 3.22. The van der Waals surface area contributed by atoms with Gasteiger partial charge in [0.05, 0.1) is 5.92 Å². The first-order chi connectivity index (χ1) is 14.4. The summed E-state index contributed by atoms with van der Waals surface area (Å²) in [6.45, 7) is 9.80. The normalized spacial score (nSPS) is 32.2. The smallest absolute Gasteiger partial charge is 0.256 e. The third kappa shape index (κ3) is 3.98. The number of fused-ring (bicyclic) bond motifs is 1. The van der Waals surface area contributed by atoms with Gasteiger partial charge < -0.3 is 15.5 Å². The summed E-state index contributed by atoms with van der Waals surface area (Å²) < 4.78 is 0. The fourth-order valence-electron chi connectivity index (χ4n) is 5.42. The minimum atomic E-state index is -0.293. The summed E-state index contributed by atoms with van der Waals surface area (Å²) >= 11 is 0. The Balaban J connectivity index is 1.53. The van der Waals surface area contributed by atoms with Gasteiger partial charge in [-0.3, -0.25) is 19.8 Å². The van der Waals surface area contributed by atoms with E-state index in [1.165, 1.54) is 0 Å². The van der Waals surface area contributed by atoms with Crippen LogP contribution < -0.4 is 16.0 Å². The maximum absolute atomic E-state index is 13.3. The van der Waals surface area contributed by atoms with Crippen LogP contribution in [0.2, 0.25) is 0 Å². The highest BCUT2D eigenvalue weighted by Gasteiger charge is 2.43. The van der Waals surface area contributed by atoms with E-state index < -0.39 is 0 Å². The molecular weight excluding hydrogens is 378 g/mol. The molecule has 0 saturated carbocycles. The van der Waals surface area contributed by atoms with Crippen LogP contribution in [-0.2, 0) is 9.59 Å². The molecule has 7 nitrogen and oxygen atoms in total. The Labute approximate surface area is 179 Å². The molecule has 5 unspecified atom stereocenters. The lowest BCUT2D eigenvalue weighted by Gasteiger charge is -2.47. The van der Waals surface area contributed by atoms with Gasteiger partial charge in [0, 0.05) is 44.5 Å². The summed E-state index contributed by atoms with van der Waals surface area (Å²) in [5.74, 6) is 0.473. The molecule has 1 aromatic rings. The zero-order valence-electron chi connectivity index (χ0n) is 18.6. The number of hydrogen-bond donors (Lipinski definition) is 3. The van der Waals surface area contributed by atoms with Gasteiger partial charge in [-0.25, -0.2) is 0 Å². The van der Waals surface area contributed by atoms with E-state index in [0.717, 1.165) is 55.8 Å². The molecule has 3 saturated heterocycles. The zero-order chi connectivity index (χ0) is 21.4. The van der Waals surface area contributed by atoms with Gasteiger partial charge in [0.25, 0.3) is 5.91 Å². The summed E-state index contributed by atoms with van der Waals surface area (Å²) in [5, 5.41) is 9.90. The molecule has 30 heavy (non-hydrogen) atoms. The maximum atomic E-state index is 13.3. The molecule has 7 heteroatoms. The first-order valence-corrected chi connectivity index (χ1v) is 11.3. The number of nitrogens with zero attached hydrogens (tertiary/aromatic N) is 2. The van der Waals surface area contributed by atoms with E-state index in [0.29, 0.717) is 18.0 Å². The molecule has 3 heterocycles. The van der Waals surface area contributed by atoms with Gasteiger partial charge in [-0.05, 0) is 62.4 Å². The van der Waals surface area contributed by atoms with Gasteiger partial charge in [0.2, 0.25) is 5.91 Å². The standard InChI is InChI=1S/C23H35N5O2/c1-5-28-9-8-24-21(28)22(29)26-17-7-6-14(2)18(12-17)19-11-16-13-25-15(3)10-20(16)27(4)23(19)30/h6-7,12,15-16,19-21,24-25H,5,8-11,13H2,1-4H3,(H,26,29). The third-order valence-electron chi connectivity index (χ3n) is 7.23. The van der Waals surface area contributed by atoms with Crippen molar-refractivity contribution in [3.8, 4) is 0 Å². The number of likely N-dealkylation sites (tertiary alicyclic amines) is 1. The molecule has 3 aliphatic rings. The highest BCUT2D eigenvalue weighted by molar-refractivity contribution is 5.95. The summed E-state index contributed by atoms with van der Waals surface area (Å²) in [7, 11) is 1.95. The Morgan fingerprint density at radius 2 is 2.07 bits per heavy atom. The predicted molar refractivity (Wildman–Crippen MR) is 118 cm³/mol. The largest absolute Gasteiger partial charge is 0.342 e. The van der Waals surface area contributed by atoms with E-state index in [1.54, 1.807) is 0 Å². The monoisotopic (exact) mass is 413 g/mol. The number of likely N-dealkylation sites (N-methyl/N-ethyl adjacent to an activating group) is 2. The van der Waals surface area contributed by atoms with Crippen LogP contribution in [0.1, 0.15) is 43.7 Å². The highest BCUT2D eigenvalue weighted by atomic mass is 16.2. The van der Waals surface area contributed by atoms with Crippen LogP contribution in [0.25, 0.3) is 0 Å². The minimum absolute atomic E-state index is 0.0400. The number of rotatable bonds is 4. The maximum Gasteiger partial charge on any atom is 0.256 e. The van der Waals surface area contributed by atoms with Crippen LogP contribution in [0.4, 0.5) is 5.69 Å². The molecule has 1 aromatic carbocycles. The number of anilines is 1. The number of hydrogen-bond acceptors (Lipinski definition) is 5. The first-order valence-electron chi connectivity index (χ1n) is 11.3. The van der Waals surface area contributed by atoms with Gasteiger partial charge in [-0.2, -0.15) is 0 Å². The highest BCUT2D eigenvalue weighted by Crippen LogP contribution is 2.39. The fourth-order valence-corrected chi connectivity index (χ4v) is 5.42. The van der Waals surface area contributed by atoms with E-state index in [-0.39, 0.29) is 23.9 Å². The van der Waals surface area contributed by atoms with E-state index in [1.807, 2.05) is 30.1 Å². The molecule has 3 fully saturated rings. The van der Waals surface area contributed by atoms with Crippen molar-refractivity contribution in [3.63, 3.8) is 0 Å². The summed E-state index contributed by atoms with van der Waals surface area (Å²) in [4.78, 5) is 30.2. The number of piperidine rings is 2.